The molecule has 1 aromatic carbocycles. The van der Waals surface area contributed by atoms with Gasteiger partial charge in [-0.05, 0) is 37.3 Å². The van der Waals surface area contributed by atoms with E-state index in [1.165, 1.54) is 23.5 Å². The summed E-state index contributed by atoms with van der Waals surface area (Å²) < 4.78 is 5.04. The maximum absolute atomic E-state index is 12.5. The number of aliphatic hydroxyl groups excluding tert-OH is 1. The third kappa shape index (κ3) is 5.17. The van der Waals surface area contributed by atoms with E-state index in [-0.39, 0.29) is 30.1 Å². The predicted molar refractivity (Wildman–Crippen MR) is 113 cm³/mol. The molecular weight excluding hydrogens is 424 g/mol. The summed E-state index contributed by atoms with van der Waals surface area (Å²) in [6.07, 6.45) is 3.71. The van der Waals surface area contributed by atoms with Crippen molar-refractivity contribution in [3.63, 3.8) is 0 Å². The molecule has 0 saturated heterocycles. The number of carbonyl (C=O) groups excluding carboxylic acids is 2. The number of nitriles is 1. The Morgan fingerprint density at radius 2 is 2.10 bits per heavy atom. The minimum absolute atomic E-state index is 0.124. The van der Waals surface area contributed by atoms with Gasteiger partial charge in [0.1, 0.15) is 11.1 Å². The summed E-state index contributed by atoms with van der Waals surface area (Å²) in [6.45, 7) is -0.702. The lowest BCUT2D eigenvalue weighted by molar-refractivity contribution is -0.384. The van der Waals surface area contributed by atoms with Gasteiger partial charge in [-0.25, -0.2) is 4.79 Å². The zero-order valence-electron chi connectivity index (χ0n) is 16.5. The number of ether oxygens (including phenoxy) is 1. The average Bonchev–Trinajstić information content (AvgIpc) is 3.12. The van der Waals surface area contributed by atoms with Gasteiger partial charge in [0, 0.05) is 29.2 Å². The third-order valence-electron chi connectivity index (χ3n) is 4.73. The minimum Gasteiger partial charge on any atom is -0.452 e. The summed E-state index contributed by atoms with van der Waals surface area (Å²) >= 11 is 1.36. The molecule has 2 aromatic rings. The molecule has 10 nitrogen and oxygen atoms in total. The van der Waals surface area contributed by atoms with E-state index < -0.39 is 23.4 Å². The fourth-order valence-corrected chi connectivity index (χ4v) is 4.56. The molecular formula is C20H20N4O6S. The molecule has 162 valence electrons. The van der Waals surface area contributed by atoms with Crippen LogP contribution in [-0.2, 0) is 22.4 Å². The Labute approximate surface area is 181 Å². The average molecular weight is 444 g/mol. The van der Waals surface area contributed by atoms with Crippen LogP contribution < -0.4 is 10.6 Å². The van der Waals surface area contributed by atoms with Crippen molar-refractivity contribution in [2.45, 2.75) is 25.7 Å². The number of non-ortho nitro benzene ring substituents is 1. The molecule has 0 atom stereocenters. The first-order valence-electron chi connectivity index (χ1n) is 9.59. The molecule has 11 heteroatoms. The number of carbonyl (C=O) groups is 2. The second-order valence-electron chi connectivity index (χ2n) is 6.79. The van der Waals surface area contributed by atoms with E-state index in [9.17, 15) is 25.0 Å². The monoisotopic (exact) mass is 444 g/mol. The highest BCUT2D eigenvalue weighted by molar-refractivity contribution is 7.16. The number of thiophene rings is 1. The Bertz CT molecular complexity index is 1060. The van der Waals surface area contributed by atoms with Crippen LogP contribution in [-0.4, -0.2) is 41.7 Å². The van der Waals surface area contributed by atoms with E-state index in [1.54, 1.807) is 0 Å². The molecule has 0 radical (unpaired) electrons. The van der Waals surface area contributed by atoms with Crippen LogP contribution in [0.5, 0.6) is 0 Å². The van der Waals surface area contributed by atoms with Crippen molar-refractivity contribution in [1.29, 1.82) is 5.26 Å². The molecule has 0 fully saturated rings. The van der Waals surface area contributed by atoms with Gasteiger partial charge in [0.2, 0.25) is 0 Å². The van der Waals surface area contributed by atoms with Gasteiger partial charge < -0.3 is 20.5 Å². The third-order valence-corrected chi connectivity index (χ3v) is 5.94. The lowest BCUT2D eigenvalue weighted by atomic mass is 9.96. The first kappa shape index (κ1) is 22.2. The Morgan fingerprint density at radius 3 is 2.81 bits per heavy atom. The summed E-state index contributed by atoms with van der Waals surface area (Å²) in [4.78, 5) is 36.2. The van der Waals surface area contributed by atoms with Crippen LogP contribution in [0.2, 0.25) is 0 Å². The first-order valence-corrected chi connectivity index (χ1v) is 10.4. The lowest BCUT2D eigenvalue weighted by Crippen LogP contribution is -2.21. The van der Waals surface area contributed by atoms with Gasteiger partial charge in [0.15, 0.2) is 6.61 Å². The highest BCUT2D eigenvalue weighted by Gasteiger charge is 2.23. The summed E-state index contributed by atoms with van der Waals surface area (Å²) in [5.41, 5.74) is 1.23. The molecule has 1 aliphatic carbocycles. The Kier molecular flexibility index (Phi) is 7.17. The van der Waals surface area contributed by atoms with Crippen molar-refractivity contribution < 1.29 is 24.4 Å². The molecule has 0 saturated carbocycles. The van der Waals surface area contributed by atoms with E-state index in [0.717, 1.165) is 42.2 Å². The van der Waals surface area contributed by atoms with E-state index in [1.807, 2.05) is 0 Å². The number of esters is 1. The topological polar surface area (TPSA) is 155 Å². The van der Waals surface area contributed by atoms with Crippen molar-refractivity contribution in [2.24, 2.45) is 0 Å². The van der Waals surface area contributed by atoms with Gasteiger partial charge in [-0.3, -0.25) is 14.9 Å². The van der Waals surface area contributed by atoms with Crippen molar-refractivity contribution >= 4 is 39.6 Å². The number of aliphatic hydroxyl groups is 1. The minimum atomic E-state index is -0.926. The molecule has 0 spiro atoms. The fraction of sp³-hybridized carbons (Fsp3) is 0.350. The van der Waals surface area contributed by atoms with Crippen LogP contribution in [0.4, 0.5) is 16.4 Å². The standard InChI is InChI=1S/C20H20N4O6S/c21-10-15-13-3-1-2-4-17(13)31-19(15)23-18(26)11-30-20(27)14-9-12(24(28)29)5-6-16(14)22-7-8-25/h5-6,9,22,25H,1-4,7-8,11H2,(H,23,26). The highest BCUT2D eigenvalue weighted by Crippen LogP contribution is 2.37. The molecule has 1 aromatic heterocycles. The number of nitro groups is 1. The lowest BCUT2D eigenvalue weighted by Gasteiger charge is -2.11. The van der Waals surface area contributed by atoms with E-state index in [0.29, 0.717) is 10.6 Å². The SMILES string of the molecule is N#Cc1c(NC(=O)COC(=O)c2cc([N+](=O)[O-])ccc2NCCO)sc2c1CCCC2. The van der Waals surface area contributed by atoms with Crippen LogP contribution >= 0.6 is 11.3 Å². The number of nitrogens with one attached hydrogen (secondary N) is 2. The van der Waals surface area contributed by atoms with Gasteiger partial charge in [0.05, 0.1) is 22.7 Å². The number of amides is 1. The zero-order valence-corrected chi connectivity index (χ0v) is 17.3. The second kappa shape index (κ2) is 10.0. The summed E-state index contributed by atoms with van der Waals surface area (Å²) in [5.74, 6) is -1.54. The molecule has 1 heterocycles. The summed E-state index contributed by atoms with van der Waals surface area (Å²) in [7, 11) is 0. The molecule has 3 rings (SSSR count). The predicted octanol–water partition coefficient (Wildman–Crippen LogP) is 2.61. The van der Waals surface area contributed by atoms with Crippen molar-refractivity contribution in [1.82, 2.24) is 0 Å². The van der Waals surface area contributed by atoms with Crippen molar-refractivity contribution in [3.8, 4) is 6.07 Å². The number of nitro benzene ring substituents is 1. The second-order valence-corrected chi connectivity index (χ2v) is 7.89. The number of benzene rings is 1. The highest BCUT2D eigenvalue weighted by atomic mass is 32.1. The van der Waals surface area contributed by atoms with Crippen molar-refractivity contribution in [3.05, 3.63) is 49.9 Å². The number of rotatable bonds is 8. The Hall–Kier alpha value is -3.49. The number of hydrogen-bond donors (Lipinski definition) is 3. The smallest absolute Gasteiger partial charge is 0.341 e. The number of fused-ring (bicyclic) bond motifs is 1. The summed E-state index contributed by atoms with van der Waals surface area (Å²) in [5, 5.41) is 35.3. The zero-order chi connectivity index (χ0) is 22.4. The molecule has 31 heavy (non-hydrogen) atoms. The molecule has 1 aliphatic rings. The van der Waals surface area contributed by atoms with E-state index >= 15 is 0 Å². The van der Waals surface area contributed by atoms with E-state index in [4.69, 9.17) is 9.84 Å². The van der Waals surface area contributed by atoms with Crippen molar-refractivity contribution in [2.75, 3.05) is 30.4 Å². The van der Waals surface area contributed by atoms with Crippen LogP contribution in [0.1, 0.15) is 39.2 Å². The number of anilines is 2. The van der Waals surface area contributed by atoms with Crippen LogP contribution in [0.3, 0.4) is 0 Å². The van der Waals surface area contributed by atoms with Gasteiger partial charge >= 0.3 is 5.97 Å². The molecule has 3 N–H and O–H groups in total. The maximum atomic E-state index is 12.5. The quantitative estimate of drug-likeness (QED) is 0.319. The molecule has 0 aliphatic heterocycles. The maximum Gasteiger partial charge on any atom is 0.341 e. The normalized spacial score (nSPS) is 12.4. The molecule has 0 bridgehead atoms. The first-order chi connectivity index (χ1) is 14.9. The largest absolute Gasteiger partial charge is 0.452 e. The molecule has 1 amide bonds. The van der Waals surface area contributed by atoms with Gasteiger partial charge in [-0.1, -0.05) is 0 Å². The number of hydrogen-bond acceptors (Lipinski definition) is 9. The Balaban J connectivity index is 1.69. The van der Waals surface area contributed by atoms with Gasteiger partial charge in [-0.2, -0.15) is 5.26 Å². The van der Waals surface area contributed by atoms with E-state index in [2.05, 4.69) is 16.7 Å². The number of aryl methyl sites for hydroxylation is 1. The van der Waals surface area contributed by atoms with Gasteiger partial charge in [-0.15, -0.1) is 11.3 Å². The Morgan fingerprint density at radius 1 is 1.32 bits per heavy atom. The van der Waals surface area contributed by atoms with Crippen LogP contribution in [0.25, 0.3) is 0 Å². The molecule has 0 unspecified atom stereocenters. The van der Waals surface area contributed by atoms with Crippen LogP contribution in [0.15, 0.2) is 18.2 Å². The number of nitrogens with zero attached hydrogens (tertiary/aromatic N) is 2. The van der Waals surface area contributed by atoms with Crippen LogP contribution in [0, 0.1) is 21.4 Å². The fourth-order valence-electron chi connectivity index (χ4n) is 3.30. The van der Waals surface area contributed by atoms with Gasteiger partial charge in [0.25, 0.3) is 11.6 Å². The summed E-state index contributed by atoms with van der Waals surface area (Å²) in [6, 6.07) is 5.73.